The van der Waals surface area contributed by atoms with Gasteiger partial charge in [0.15, 0.2) is 11.5 Å². The molecule has 0 radical (unpaired) electrons. The van der Waals surface area contributed by atoms with Crippen molar-refractivity contribution < 1.29 is 14.3 Å². The number of carbonyl (C=O) groups is 1. The standard InChI is InChI=1S/C15H17N3O4/c1-21-12-5-9-3-4-18(8-10(9)6-13(12)22-2)15(20)11-7-14(19)17-16-11/h5-7H,3-4,8H2,1-2H3,(H2,16,17,19). The summed E-state index contributed by atoms with van der Waals surface area (Å²) in [5, 5.41) is 4.97. The molecule has 7 nitrogen and oxygen atoms in total. The second kappa shape index (κ2) is 5.59. The van der Waals surface area contributed by atoms with Crippen LogP contribution in [0.3, 0.4) is 0 Å². The molecule has 1 aliphatic rings. The fourth-order valence-electron chi connectivity index (χ4n) is 2.67. The molecule has 0 saturated heterocycles. The number of H-pyrrole nitrogens is 2. The van der Waals surface area contributed by atoms with Crippen LogP contribution in [0.15, 0.2) is 23.0 Å². The number of aromatic amines is 2. The van der Waals surface area contributed by atoms with E-state index >= 15 is 0 Å². The molecule has 1 aliphatic heterocycles. The monoisotopic (exact) mass is 303 g/mol. The van der Waals surface area contributed by atoms with E-state index in [1.54, 1.807) is 19.1 Å². The highest BCUT2D eigenvalue weighted by molar-refractivity contribution is 5.92. The molecular formula is C15H17N3O4. The number of nitrogens with zero attached hydrogens (tertiary/aromatic N) is 1. The molecule has 116 valence electrons. The normalized spacial score (nSPS) is 13.6. The zero-order chi connectivity index (χ0) is 15.7. The molecule has 0 saturated carbocycles. The van der Waals surface area contributed by atoms with Gasteiger partial charge in [0, 0.05) is 19.2 Å². The summed E-state index contributed by atoms with van der Waals surface area (Å²) in [6.07, 6.45) is 0.732. The van der Waals surface area contributed by atoms with E-state index in [-0.39, 0.29) is 17.2 Å². The van der Waals surface area contributed by atoms with Gasteiger partial charge >= 0.3 is 0 Å². The van der Waals surface area contributed by atoms with Crippen molar-refractivity contribution in [1.82, 2.24) is 15.1 Å². The number of aromatic nitrogens is 2. The van der Waals surface area contributed by atoms with Crippen molar-refractivity contribution in [3.63, 3.8) is 0 Å². The Balaban J connectivity index is 1.87. The number of benzene rings is 1. The summed E-state index contributed by atoms with van der Waals surface area (Å²) < 4.78 is 10.6. The average Bonchev–Trinajstić information content (AvgIpc) is 2.98. The maximum atomic E-state index is 12.4. The van der Waals surface area contributed by atoms with Crippen molar-refractivity contribution in [2.45, 2.75) is 13.0 Å². The van der Waals surface area contributed by atoms with E-state index in [9.17, 15) is 9.59 Å². The number of ether oxygens (including phenoxy) is 2. The van der Waals surface area contributed by atoms with Gasteiger partial charge in [0.2, 0.25) is 0 Å². The molecule has 2 heterocycles. The van der Waals surface area contributed by atoms with E-state index in [1.807, 2.05) is 12.1 Å². The molecule has 0 spiro atoms. The van der Waals surface area contributed by atoms with Gasteiger partial charge in [-0.3, -0.25) is 19.8 Å². The number of rotatable bonds is 3. The molecule has 3 rings (SSSR count). The Morgan fingerprint density at radius 3 is 2.36 bits per heavy atom. The summed E-state index contributed by atoms with van der Waals surface area (Å²) >= 11 is 0. The number of carbonyl (C=O) groups excluding carboxylic acids is 1. The smallest absolute Gasteiger partial charge is 0.272 e. The molecule has 0 atom stereocenters. The van der Waals surface area contributed by atoms with Crippen molar-refractivity contribution in [2.24, 2.45) is 0 Å². The van der Waals surface area contributed by atoms with Gasteiger partial charge in [0.05, 0.1) is 14.2 Å². The molecule has 1 amide bonds. The van der Waals surface area contributed by atoms with Gasteiger partial charge < -0.3 is 14.4 Å². The van der Waals surface area contributed by atoms with E-state index in [2.05, 4.69) is 10.2 Å². The lowest BCUT2D eigenvalue weighted by Gasteiger charge is -2.29. The molecule has 22 heavy (non-hydrogen) atoms. The fraction of sp³-hybridized carbons (Fsp3) is 0.333. The van der Waals surface area contributed by atoms with E-state index in [0.29, 0.717) is 24.6 Å². The number of methoxy groups -OCH3 is 2. The van der Waals surface area contributed by atoms with Gasteiger partial charge in [-0.15, -0.1) is 0 Å². The van der Waals surface area contributed by atoms with Crippen LogP contribution in [-0.4, -0.2) is 41.8 Å². The highest BCUT2D eigenvalue weighted by Crippen LogP contribution is 2.33. The Morgan fingerprint density at radius 2 is 1.77 bits per heavy atom. The van der Waals surface area contributed by atoms with Crippen LogP contribution in [0.4, 0.5) is 0 Å². The first-order valence-electron chi connectivity index (χ1n) is 6.93. The Hall–Kier alpha value is -2.70. The Labute approximate surface area is 126 Å². The molecule has 2 N–H and O–H groups in total. The first-order chi connectivity index (χ1) is 10.6. The summed E-state index contributed by atoms with van der Waals surface area (Å²) in [5.41, 5.74) is 2.13. The first kappa shape index (κ1) is 14.2. The maximum Gasteiger partial charge on any atom is 0.272 e. The molecule has 7 heteroatoms. The molecule has 1 aromatic heterocycles. The van der Waals surface area contributed by atoms with Gasteiger partial charge in [-0.1, -0.05) is 0 Å². The van der Waals surface area contributed by atoms with Gasteiger partial charge in [-0.25, -0.2) is 0 Å². The zero-order valence-corrected chi connectivity index (χ0v) is 12.4. The topological polar surface area (TPSA) is 87.4 Å². The van der Waals surface area contributed by atoms with Crippen LogP contribution in [0, 0.1) is 0 Å². The second-order valence-electron chi connectivity index (χ2n) is 5.12. The minimum atomic E-state index is -0.313. The first-order valence-corrected chi connectivity index (χ1v) is 6.93. The third kappa shape index (κ3) is 2.45. The van der Waals surface area contributed by atoms with Crippen LogP contribution >= 0.6 is 0 Å². The van der Waals surface area contributed by atoms with Crippen molar-refractivity contribution in [1.29, 1.82) is 0 Å². The quantitative estimate of drug-likeness (QED) is 0.882. The van der Waals surface area contributed by atoms with Crippen LogP contribution in [0.5, 0.6) is 11.5 Å². The van der Waals surface area contributed by atoms with Crippen LogP contribution in [0.2, 0.25) is 0 Å². The predicted molar refractivity (Wildman–Crippen MR) is 79.4 cm³/mol. The molecule has 0 fully saturated rings. The largest absolute Gasteiger partial charge is 0.493 e. The molecule has 2 aromatic rings. The van der Waals surface area contributed by atoms with Crippen molar-refractivity contribution in [2.75, 3.05) is 20.8 Å². The lowest BCUT2D eigenvalue weighted by molar-refractivity contribution is 0.0728. The molecule has 0 aliphatic carbocycles. The molecular weight excluding hydrogens is 286 g/mol. The second-order valence-corrected chi connectivity index (χ2v) is 5.12. The van der Waals surface area contributed by atoms with E-state index in [0.717, 1.165) is 17.5 Å². The summed E-state index contributed by atoms with van der Waals surface area (Å²) in [6, 6.07) is 5.12. The van der Waals surface area contributed by atoms with Crippen LogP contribution in [0.1, 0.15) is 21.6 Å². The Morgan fingerprint density at radius 1 is 1.09 bits per heavy atom. The number of amides is 1. The summed E-state index contributed by atoms with van der Waals surface area (Å²) in [5.74, 6) is 1.14. The van der Waals surface area contributed by atoms with Crippen LogP contribution < -0.4 is 15.0 Å². The molecule has 0 unspecified atom stereocenters. The van der Waals surface area contributed by atoms with E-state index in [4.69, 9.17) is 9.47 Å². The number of nitrogens with one attached hydrogen (secondary N) is 2. The van der Waals surface area contributed by atoms with Crippen LogP contribution in [-0.2, 0) is 13.0 Å². The minimum absolute atomic E-state index is 0.196. The predicted octanol–water partition coefficient (Wildman–Crippen LogP) is 0.919. The van der Waals surface area contributed by atoms with Gasteiger partial charge in [-0.2, -0.15) is 0 Å². The average molecular weight is 303 g/mol. The lowest BCUT2D eigenvalue weighted by Crippen LogP contribution is -2.36. The zero-order valence-electron chi connectivity index (χ0n) is 12.4. The lowest BCUT2D eigenvalue weighted by atomic mass is 9.98. The molecule has 0 bridgehead atoms. The van der Waals surface area contributed by atoms with Crippen molar-refractivity contribution in [3.8, 4) is 11.5 Å². The van der Waals surface area contributed by atoms with Gasteiger partial charge in [-0.05, 0) is 29.7 Å². The highest BCUT2D eigenvalue weighted by atomic mass is 16.5. The highest BCUT2D eigenvalue weighted by Gasteiger charge is 2.24. The van der Waals surface area contributed by atoms with Crippen molar-refractivity contribution in [3.05, 3.63) is 45.4 Å². The molecule has 1 aromatic carbocycles. The van der Waals surface area contributed by atoms with Gasteiger partial charge in [0.1, 0.15) is 5.69 Å². The number of fused-ring (bicyclic) bond motifs is 1. The Bertz CT molecular complexity index is 762. The number of hydrogen-bond donors (Lipinski definition) is 2. The fourth-order valence-corrected chi connectivity index (χ4v) is 2.67. The summed E-state index contributed by atoms with van der Waals surface area (Å²) in [6.45, 7) is 1.07. The van der Waals surface area contributed by atoms with E-state index < -0.39 is 0 Å². The minimum Gasteiger partial charge on any atom is -0.493 e. The third-order valence-electron chi connectivity index (χ3n) is 3.83. The Kier molecular flexibility index (Phi) is 3.62. The van der Waals surface area contributed by atoms with Gasteiger partial charge in [0.25, 0.3) is 11.5 Å². The van der Waals surface area contributed by atoms with Crippen molar-refractivity contribution >= 4 is 5.91 Å². The van der Waals surface area contributed by atoms with E-state index in [1.165, 1.54) is 6.07 Å². The van der Waals surface area contributed by atoms with Crippen LogP contribution in [0.25, 0.3) is 0 Å². The third-order valence-corrected chi connectivity index (χ3v) is 3.83. The SMILES string of the molecule is COc1cc2c(cc1OC)CN(C(=O)c1cc(=O)[nH][nH]1)CC2. The summed E-state index contributed by atoms with van der Waals surface area (Å²) in [7, 11) is 3.19. The number of hydrogen-bond acceptors (Lipinski definition) is 4. The maximum absolute atomic E-state index is 12.4. The summed E-state index contributed by atoms with van der Waals surface area (Å²) in [4.78, 5) is 25.2.